The Kier molecular flexibility index (Phi) is 14.0. The molecule has 3 aromatic rings. The molecule has 5 atom stereocenters. The Labute approximate surface area is 316 Å². The number of hydrogen-bond donors (Lipinski definition) is 5. The number of carboxylic acids is 1. The Balaban J connectivity index is 1.15. The summed E-state index contributed by atoms with van der Waals surface area (Å²) in [5.41, 5.74) is 1.74. The summed E-state index contributed by atoms with van der Waals surface area (Å²) in [5.74, 6) is -3.37. The number of nitrogens with one attached hydrogen (secondary N) is 3. The van der Waals surface area contributed by atoms with Gasteiger partial charge in [-0.2, -0.15) is 0 Å². The third-order valence-corrected chi connectivity index (χ3v) is 10.9. The Hall–Kier alpha value is -5.02. The van der Waals surface area contributed by atoms with E-state index in [1.165, 1.54) is 67.2 Å². The smallest absolute Gasteiger partial charge is 0.325 e. The maximum atomic E-state index is 13.7. The van der Waals surface area contributed by atoms with Crippen molar-refractivity contribution in [2.45, 2.75) is 74.9 Å². The zero-order valence-electron chi connectivity index (χ0n) is 29.7. The highest BCUT2D eigenvalue weighted by Gasteiger charge is 2.49. The molecule has 2 fully saturated rings. The van der Waals surface area contributed by atoms with Crippen molar-refractivity contribution in [1.29, 1.82) is 0 Å². The van der Waals surface area contributed by atoms with Crippen molar-refractivity contribution in [1.82, 2.24) is 16.0 Å². The van der Waals surface area contributed by atoms with Gasteiger partial charge in [-0.1, -0.05) is 56.4 Å². The van der Waals surface area contributed by atoms with Gasteiger partial charge in [0.1, 0.15) is 34.7 Å². The summed E-state index contributed by atoms with van der Waals surface area (Å²) in [7, 11) is 0. The molecule has 15 heteroatoms. The van der Waals surface area contributed by atoms with Crippen LogP contribution in [0.15, 0.2) is 72.8 Å². The minimum absolute atomic E-state index is 0.169. The molecular formula is C39H44F2N4O8S. The van der Waals surface area contributed by atoms with Crippen molar-refractivity contribution in [2.75, 3.05) is 23.8 Å². The number of carboxylic acid groups (broad SMARTS) is 1. The fourth-order valence-corrected chi connectivity index (χ4v) is 7.86. The standard InChI is InChI=1S/C39H44F2N4O8S/c1-23(39(51)52)43-37(49)31(19-24-5-3-2-4-6-24)44-33(47)20-42-34(48)21-53-30-17-9-26(10-18-30)35-36(38(50)45(35)29-15-13-28(41)14-16-29)54-22-32(46)25-7-11-27(40)12-8-25/h7-18,23-24,31-32,35-36,46H,2-6,19-22H2,1H3,(H,42,48)(H,43,49)(H,44,47)(H,51,52)/t23-,31-,32+,35-,36-/m1/s1. The van der Waals surface area contributed by atoms with Crippen LogP contribution in [0, 0.1) is 17.6 Å². The van der Waals surface area contributed by atoms with Crippen molar-refractivity contribution < 1.29 is 47.7 Å². The highest BCUT2D eigenvalue weighted by atomic mass is 32.2. The lowest BCUT2D eigenvalue weighted by Crippen LogP contribution is -2.57. The lowest BCUT2D eigenvalue weighted by Gasteiger charge is -2.47. The number of aliphatic carboxylic acids is 1. The first-order valence-corrected chi connectivity index (χ1v) is 18.9. The van der Waals surface area contributed by atoms with Crippen LogP contribution in [0.5, 0.6) is 5.75 Å². The molecule has 1 aliphatic heterocycles. The second-order valence-electron chi connectivity index (χ2n) is 13.5. The van der Waals surface area contributed by atoms with Crippen LogP contribution in [0.3, 0.4) is 0 Å². The summed E-state index contributed by atoms with van der Waals surface area (Å²) in [5, 5.41) is 26.8. The number of aliphatic hydroxyl groups is 1. The van der Waals surface area contributed by atoms with Crippen LogP contribution >= 0.6 is 11.8 Å². The number of ether oxygens (including phenoxy) is 1. The summed E-state index contributed by atoms with van der Waals surface area (Å²) in [6.45, 7) is 0.498. The van der Waals surface area contributed by atoms with Crippen LogP contribution in [0.25, 0.3) is 0 Å². The fraction of sp³-hybridized carbons (Fsp3) is 0.410. The van der Waals surface area contributed by atoms with E-state index in [0.717, 1.165) is 37.7 Å². The van der Waals surface area contributed by atoms with Crippen molar-refractivity contribution >= 4 is 47.0 Å². The van der Waals surface area contributed by atoms with E-state index in [1.54, 1.807) is 29.2 Å². The predicted octanol–water partition coefficient (Wildman–Crippen LogP) is 4.43. The molecular weight excluding hydrogens is 723 g/mol. The third-order valence-electron chi connectivity index (χ3n) is 9.55. The number of halogens is 2. The topological polar surface area (TPSA) is 174 Å². The highest BCUT2D eigenvalue weighted by Crippen LogP contribution is 2.46. The molecule has 0 unspecified atom stereocenters. The SMILES string of the molecule is C[C@@H](NC(=O)[C@@H](CC1CCCCC1)NC(=O)CNC(=O)COc1ccc([C@@H]2[C@@H](SC[C@H](O)c3ccc(F)cc3)C(=O)N2c2ccc(F)cc2)cc1)C(=O)O. The molecule has 0 spiro atoms. The normalized spacial score (nSPS) is 18.8. The van der Waals surface area contributed by atoms with Gasteiger partial charge in [-0.15, -0.1) is 11.8 Å². The van der Waals surface area contributed by atoms with Gasteiger partial charge in [0.15, 0.2) is 6.61 Å². The summed E-state index contributed by atoms with van der Waals surface area (Å²) >= 11 is 1.25. The van der Waals surface area contributed by atoms with Gasteiger partial charge in [-0.05, 0) is 78.9 Å². The molecule has 1 saturated carbocycles. The predicted molar refractivity (Wildman–Crippen MR) is 198 cm³/mol. The van der Waals surface area contributed by atoms with Gasteiger partial charge >= 0.3 is 5.97 Å². The number of rotatable bonds is 17. The van der Waals surface area contributed by atoms with Crippen LogP contribution in [0.1, 0.15) is 68.7 Å². The number of amides is 4. The molecule has 2 aliphatic rings. The summed E-state index contributed by atoms with van der Waals surface area (Å²) < 4.78 is 32.7. The van der Waals surface area contributed by atoms with Gasteiger partial charge in [0.25, 0.3) is 5.91 Å². The molecule has 0 radical (unpaired) electrons. The molecule has 12 nitrogen and oxygen atoms in total. The molecule has 0 aromatic heterocycles. The Morgan fingerprint density at radius 3 is 2.15 bits per heavy atom. The molecule has 1 heterocycles. The van der Waals surface area contributed by atoms with E-state index in [1.807, 2.05) is 0 Å². The molecule has 5 rings (SSSR count). The maximum Gasteiger partial charge on any atom is 0.325 e. The molecule has 54 heavy (non-hydrogen) atoms. The van der Waals surface area contributed by atoms with Gasteiger partial charge in [-0.25, -0.2) is 8.78 Å². The number of nitrogens with zero attached hydrogens (tertiary/aromatic N) is 1. The number of aliphatic hydroxyl groups excluding tert-OH is 1. The van der Waals surface area contributed by atoms with Crippen LogP contribution in [-0.4, -0.2) is 76.0 Å². The first kappa shape index (κ1) is 40.2. The van der Waals surface area contributed by atoms with Crippen LogP contribution in [0.4, 0.5) is 14.5 Å². The minimum atomic E-state index is -1.20. The second kappa shape index (κ2) is 18.8. The lowest BCUT2D eigenvalue weighted by molar-refractivity contribution is -0.141. The number of anilines is 1. The van der Waals surface area contributed by atoms with Gasteiger partial charge in [0.2, 0.25) is 17.7 Å². The van der Waals surface area contributed by atoms with E-state index in [9.17, 15) is 43.0 Å². The van der Waals surface area contributed by atoms with Gasteiger partial charge in [0.05, 0.1) is 18.7 Å². The zero-order chi connectivity index (χ0) is 38.8. The number of carbonyl (C=O) groups is 5. The average Bonchev–Trinajstić information content (AvgIpc) is 3.16. The Morgan fingerprint density at radius 1 is 0.889 bits per heavy atom. The summed E-state index contributed by atoms with van der Waals surface area (Å²) in [4.78, 5) is 64.4. The maximum absolute atomic E-state index is 13.7. The fourth-order valence-electron chi connectivity index (χ4n) is 6.56. The van der Waals surface area contributed by atoms with Gasteiger partial charge < -0.3 is 35.8 Å². The number of carbonyl (C=O) groups excluding carboxylic acids is 4. The first-order chi connectivity index (χ1) is 25.9. The number of hydrogen-bond acceptors (Lipinski definition) is 8. The van der Waals surface area contributed by atoms with E-state index in [2.05, 4.69) is 16.0 Å². The minimum Gasteiger partial charge on any atom is -0.484 e. The highest BCUT2D eigenvalue weighted by molar-refractivity contribution is 8.00. The quantitative estimate of drug-likeness (QED) is 0.125. The molecule has 1 saturated heterocycles. The number of benzene rings is 3. The van der Waals surface area contributed by atoms with Crippen LogP contribution < -0.4 is 25.6 Å². The van der Waals surface area contributed by atoms with Crippen molar-refractivity contribution in [3.05, 3.63) is 95.6 Å². The van der Waals surface area contributed by atoms with E-state index in [4.69, 9.17) is 4.74 Å². The molecule has 1 aliphatic carbocycles. The van der Waals surface area contributed by atoms with E-state index in [0.29, 0.717) is 23.4 Å². The average molecular weight is 767 g/mol. The molecule has 5 N–H and O–H groups in total. The zero-order valence-corrected chi connectivity index (χ0v) is 30.5. The van der Waals surface area contributed by atoms with E-state index >= 15 is 0 Å². The van der Waals surface area contributed by atoms with Crippen LogP contribution in [-0.2, 0) is 24.0 Å². The molecule has 4 amide bonds. The number of thioether (sulfide) groups is 1. The number of β-lactam (4-membered cyclic amide) rings is 1. The van der Waals surface area contributed by atoms with Crippen molar-refractivity contribution in [2.24, 2.45) is 5.92 Å². The first-order valence-electron chi connectivity index (χ1n) is 17.9. The Bertz CT molecular complexity index is 1770. The van der Waals surface area contributed by atoms with E-state index in [-0.39, 0.29) is 17.6 Å². The lowest BCUT2D eigenvalue weighted by atomic mass is 9.84. The van der Waals surface area contributed by atoms with Crippen LogP contribution in [0.2, 0.25) is 0 Å². The third kappa shape index (κ3) is 10.8. The molecule has 288 valence electrons. The molecule has 3 aromatic carbocycles. The van der Waals surface area contributed by atoms with E-state index < -0.39 is 78.0 Å². The molecule has 0 bridgehead atoms. The van der Waals surface area contributed by atoms with Crippen molar-refractivity contribution in [3.63, 3.8) is 0 Å². The summed E-state index contributed by atoms with van der Waals surface area (Å²) in [6.07, 6.45) is 4.41. The Morgan fingerprint density at radius 2 is 1.52 bits per heavy atom. The van der Waals surface area contributed by atoms with Gasteiger partial charge in [0, 0.05) is 11.4 Å². The monoisotopic (exact) mass is 766 g/mol. The largest absolute Gasteiger partial charge is 0.484 e. The van der Waals surface area contributed by atoms with Gasteiger partial charge in [-0.3, -0.25) is 24.0 Å². The second-order valence-corrected chi connectivity index (χ2v) is 14.7. The summed E-state index contributed by atoms with van der Waals surface area (Å²) in [6, 6.07) is 15.2. The van der Waals surface area contributed by atoms with Crippen molar-refractivity contribution in [3.8, 4) is 5.75 Å².